The van der Waals surface area contributed by atoms with Crippen molar-refractivity contribution in [3.63, 3.8) is 0 Å². The maximum absolute atomic E-state index is 5.97. The SMILES string of the molecule is CCCCCCCCc1cnc(-c2ccc(OCCC[N+](CC)(CC)CC)cc2)nc1.[I-]. The number of halogens is 1. The summed E-state index contributed by atoms with van der Waals surface area (Å²) in [6, 6.07) is 8.18. The van der Waals surface area contributed by atoms with Crippen LogP contribution in [0.5, 0.6) is 5.75 Å². The summed E-state index contributed by atoms with van der Waals surface area (Å²) in [6.07, 6.45) is 14.0. The van der Waals surface area contributed by atoms with Gasteiger partial charge in [-0.15, -0.1) is 0 Å². The number of hydrogen-bond acceptors (Lipinski definition) is 3. The highest BCUT2D eigenvalue weighted by Gasteiger charge is 2.19. The normalized spacial score (nSPS) is 11.2. The van der Waals surface area contributed by atoms with Crippen LogP contribution in [0.1, 0.15) is 78.2 Å². The highest BCUT2D eigenvalue weighted by molar-refractivity contribution is 5.55. The fourth-order valence-corrected chi connectivity index (χ4v) is 4.18. The first-order chi connectivity index (χ1) is 15.2. The zero-order chi connectivity index (χ0) is 22.4. The van der Waals surface area contributed by atoms with E-state index in [1.807, 2.05) is 24.5 Å². The second-order valence-electron chi connectivity index (χ2n) is 8.67. The molecule has 2 rings (SSSR count). The van der Waals surface area contributed by atoms with Crippen LogP contribution in [-0.4, -0.2) is 47.2 Å². The molecule has 0 aliphatic carbocycles. The van der Waals surface area contributed by atoms with Crippen LogP contribution >= 0.6 is 0 Å². The molecule has 0 atom stereocenters. The van der Waals surface area contributed by atoms with Gasteiger partial charge in [-0.25, -0.2) is 9.97 Å². The number of nitrogens with zero attached hydrogens (tertiary/aromatic N) is 3. The summed E-state index contributed by atoms with van der Waals surface area (Å²) in [5.41, 5.74) is 2.28. The van der Waals surface area contributed by atoms with Crippen LogP contribution in [0.2, 0.25) is 0 Å². The summed E-state index contributed by atoms with van der Waals surface area (Å²) in [5, 5.41) is 0. The van der Waals surface area contributed by atoms with Crippen molar-refractivity contribution < 1.29 is 33.2 Å². The molecule has 0 amide bonds. The van der Waals surface area contributed by atoms with Crippen molar-refractivity contribution in [3.05, 3.63) is 42.2 Å². The second kappa shape index (κ2) is 16.4. The average molecular weight is 554 g/mol. The van der Waals surface area contributed by atoms with Gasteiger partial charge in [0, 0.05) is 24.4 Å². The van der Waals surface area contributed by atoms with Crippen molar-refractivity contribution in [2.45, 2.75) is 79.1 Å². The zero-order valence-corrected chi connectivity index (χ0v) is 22.9. The molecule has 180 valence electrons. The molecule has 0 saturated heterocycles. The van der Waals surface area contributed by atoms with Crippen LogP contribution in [0.25, 0.3) is 11.4 Å². The molecule has 2 aromatic rings. The monoisotopic (exact) mass is 553 g/mol. The summed E-state index contributed by atoms with van der Waals surface area (Å²) >= 11 is 0. The van der Waals surface area contributed by atoms with Gasteiger partial charge >= 0.3 is 0 Å². The van der Waals surface area contributed by atoms with Crippen molar-refractivity contribution in [3.8, 4) is 17.1 Å². The fraction of sp³-hybridized carbons (Fsp3) is 0.630. The van der Waals surface area contributed by atoms with E-state index < -0.39 is 0 Å². The fourth-order valence-electron chi connectivity index (χ4n) is 4.18. The molecule has 0 N–H and O–H groups in total. The van der Waals surface area contributed by atoms with E-state index in [2.05, 4.69) is 49.8 Å². The lowest BCUT2D eigenvalue weighted by Crippen LogP contribution is -3.00. The Balaban J connectivity index is 0.00000512. The molecule has 1 heterocycles. The largest absolute Gasteiger partial charge is 1.00 e. The molecule has 0 radical (unpaired) electrons. The number of quaternary nitrogens is 1. The van der Waals surface area contributed by atoms with E-state index in [-0.39, 0.29) is 24.0 Å². The lowest BCUT2D eigenvalue weighted by atomic mass is 10.1. The minimum atomic E-state index is 0. The van der Waals surface area contributed by atoms with Gasteiger partial charge in [-0.05, 0) is 63.4 Å². The highest BCUT2D eigenvalue weighted by Crippen LogP contribution is 2.20. The van der Waals surface area contributed by atoms with Crippen molar-refractivity contribution >= 4 is 0 Å². The van der Waals surface area contributed by atoms with Gasteiger partial charge in [0.1, 0.15) is 5.75 Å². The van der Waals surface area contributed by atoms with E-state index in [0.29, 0.717) is 0 Å². The Hall–Kier alpha value is -1.21. The van der Waals surface area contributed by atoms with Crippen molar-refractivity contribution in [1.82, 2.24) is 9.97 Å². The Labute approximate surface area is 213 Å². The Morgan fingerprint density at radius 3 is 1.94 bits per heavy atom. The molecule has 4 nitrogen and oxygen atoms in total. The van der Waals surface area contributed by atoms with Gasteiger partial charge < -0.3 is 33.2 Å². The number of benzene rings is 1. The molecule has 0 fully saturated rings. The van der Waals surface area contributed by atoms with E-state index in [4.69, 9.17) is 4.74 Å². The molecule has 32 heavy (non-hydrogen) atoms. The predicted molar refractivity (Wildman–Crippen MR) is 131 cm³/mol. The topological polar surface area (TPSA) is 35.0 Å². The molecule has 0 aliphatic rings. The standard InChI is InChI=1S/C27H44N3O.HI/c1-5-9-10-11-12-13-15-24-22-28-27(29-23-24)25-16-18-26(19-17-25)31-21-14-20-30(6-2,7-3)8-4;/h16-19,22-23H,5-15,20-21H2,1-4H3;1H/q+1;/p-1. The van der Waals surface area contributed by atoms with Gasteiger partial charge in [0.2, 0.25) is 0 Å². The Morgan fingerprint density at radius 1 is 0.750 bits per heavy atom. The summed E-state index contributed by atoms with van der Waals surface area (Å²) < 4.78 is 7.15. The van der Waals surface area contributed by atoms with Gasteiger partial charge in [0.05, 0.1) is 32.8 Å². The lowest BCUT2D eigenvalue weighted by Gasteiger charge is -2.35. The van der Waals surface area contributed by atoms with Gasteiger partial charge in [0.25, 0.3) is 0 Å². The first-order valence-corrected chi connectivity index (χ1v) is 12.6. The second-order valence-corrected chi connectivity index (χ2v) is 8.67. The van der Waals surface area contributed by atoms with E-state index in [1.165, 1.54) is 74.8 Å². The van der Waals surface area contributed by atoms with Gasteiger partial charge in [-0.1, -0.05) is 39.0 Å². The van der Waals surface area contributed by atoms with E-state index in [9.17, 15) is 0 Å². The van der Waals surface area contributed by atoms with Gasteiger partial charge in [-0.3, -0.25) is 0 Å². The van der Waals surface area contributed by atoms with Crippen LogP contribution in [0.4, 0.5) is 0 Å². The quantitative estimate of drug-likeness (QED) is 0.181. The summed E-state index contributed by atoms with van der Waals surface area (Å²) in [5.74, 6) is 1.71. The Morgan fingerprint density at radius 2 is 1.34 bits per heavy atom. The number of aromatic nitrogens is 2. The van der Waals surface area contributed by atoms with E-state index in [0.717, 1.165) is 36.6 Å². The van der Waals surface area contributed by atoms with Crippen LogP contribution in [-0.2, 0) is 6.42 Å². The number of hydrogen-bond donors (Lipinski definition) is 0. The molecular formula is C27H44IN3O. The third-order valence-electron chi connectivity index (χ3n) is 6.69. The minimum Gasteiger partial charge on any atom is -1.00 e. The van der Waals surface area contributed by atoms with E-state index in [1.54, 1.807) is 0 Å². The minimum absolute atomic E-state index is 0. The third kappa shape index (κ3) is 9.74. The zero-order valence-electron chi connectivity index (χ0n) is 20.8. The molecule has 0 spiro atoms. The molecule has 0 saturated carbocycles. The van der Waals surface area contributed by atoms with Crippen molar-refractivity contribution in [2.24, 2.45) is 0 Å². The summed E-state index contributed by atoms with van der Waals surface area (Å²) in [6.45, 7) is 14.7. The van der Waals surface area contributed by atoms with Crippen LogP contribution in [0.15, 0.2) is 36.7 Å². The molecule has 0 aliphatic heterocycles. The van der Waals surface area contributed by atoms with Crippen molar-refractivity contribution in [1.29, 1.82) is 0 Å². The molecule has 0 unspecified atom stereocenters. The van der Waals surface area contributed by atoms with Crippen LogP contribution in [0, 0.1) is 0 Å². The lowest BCUT2D eigenvalue weighted by molar-refractivity contribution is -0.923. The molecular weight excluding hydrogens is 509 g/mol. The number of unbranched alkanes of at least 4 members (excludes halogenated alkanes) is 5. The van der Waals surface area contributed by atoms with Crippen molar-refractivity contribution in [2.75, 3.05) is 32.8 Å². The first kappa shape index (κ1) is 28.8. The summed E-state index contributed by atoms with van der Waals surface area (Å²) in [7, 11) is 0. The maximum atomic E-state index is 5.97. The Kier molecular flexibility index (Phi) is 14.8. The van der Waals surface area contributed by atoms with E-state index >= 15 is 0 Å². The van der Waals surface area contributed by atoms with Crippen LogP contribution < -0.4 is 28.7 Å². The molecule has 1 aromatic carbocycles. The van der Waals surface area contributed by atoms with Gasteiger partial charge in [0.15, 0.2) is 5.82 Å². The summed E-state index contributed by atoms with van der Waals surface area (Å²) in [4.78, 5) is 9.17. The Bertz CT molecular complexity index is 706. The van der Waals surface area contributed by atoms with Crippen LogP contribution in [0.3, 0.4) is 0 Å². The predicted octanol–water partition coefficient (Wildman–Crippen LogP) is 3.70. The highest BCUT2D eigenvalue weighted by atomic mass is 127. The number of ether oxygens (including phenoxy) is 1. The molecule has 5 heteroatoms. The maximum Gasteiger partial charge on any atom is 0.159 e. The molecule has 1 aromatic heterocycles. The average Bonchev–Trinajstić information content (AvgIpc) is 2.83. The number of rotatable bonds is 16. The molecule has 0 bridgehead atoms. The van der Waals surface area contributed by atoms with Gasteiger partial charge in [-0.2, -0.15) is 0 Å². The first-order valence-electron chi connectivity index (χ1n) is 12.6. The number of aryl methyl sites for hydroxylation is 1. The smallest absolute Gasteiger partial charge is 0.159 e. The third-order valence-corrected chi connectivity index (χ3v) is 6.69.